The predicted octanol–water partition coefficient (Wildman–Crippen LogP) is 3.35. The van der Waals surface area contributed by atoms with E-state index in [9.17, 15) is 9.90 Å². The molecule has 0 aromatic heterocycles. The Labute approximate surface area is 142 Å². The number of aliphatic hydroxyl groups excluding tert-OH is 1. The van der Waals surface area contributed by atoms with Gasteiger partial charge in [0.15, 0.2) is 0 Å². The lowest BCUT2D eigenvalue weighted by atomic mass is 9.98. The average molecular weight is 346 g/mol. The van der Waals surface area contributed by atoms with Crippen LogP contribution in [-0.2, 0) is 21.3 Å². The number of halogens is 1. The highest BCUT2D eigenvalue weighted by Gasteiger charge is 2.19. The zero-order valence-electron chi connectivity index (χ0n) is 13.5. The van der Waals surface area contributed by atoms with Crippen LogP contribution in [0.4, 0.5) is 0 Å². The molecule has 0 aliphatic carbocycles. The fourth-order valence-electron chi connectivity index (χ4n) is 2.06. The number of hydrogen-bond acceptors (Lipinski definition) is 3. The minimum atomic E-state index is -0.420. The van der Waals surface area contributed by atoms with Crippen LogP contribution in [0.1, 0.15) is 45.1 Å². The molecule has 0 bridgehead atoms. The third-order valence-electron chi connectivity index (χ3n) is 3.06. The lowest BCUT2D eigenvalue weighted by Crippen LogP contribution is -2.24. The van der Waals surface area contributed by atoms with Crippen molar-refractivity contribution in [2.24, 2.45) is 0 Å². The lowest BCUT2D eigenvalue weighted by Gasteiger charge is -2.18. The van der Waals surface area contributed by atoms with Gasteiger partial charge < -0.3 is 9.84 Å². The van der Waals surface area contributed by atoms with Crippen molar-refractivity contribution in [3.8, 4) is 0 Å². The Bertz CT molecular complexity index is 454. The summed E-state index contributed by atoms with van der Waals surface area (Å²) in [7, 11) is 0. The van der Waals surface area contributed by atoms with Gasteiger partial charge in [-0.15, -0.1) is 0 Å². The lowest BCUT2D eigenvalue weighted by molar-refractivity contribution is -0.154. The van der Waals surface area contributed by atoms with Crippen molar-refractivity contribution in [2.45, 2.75) is 45.1 Å². The fraction of sp³-hybridized carbons (Fsp3) is 0.588. The van der Waals surface area contributed by atoms with Crippen LogP contribution in [0.25, 0.3) is 0 Å². The number of hydrogen-bond donors (Lipinski definition) is 1. The molecule has 1 N–H and O–H groups in total. The van der Waals surface area contributed by atoms with Crippen molar-refractivity contribution in [3.63, 3.8) is 0 Å². The van der Waals surface area contributed by atoms with Crippen LogP contribution in [0, 0.1) is 0 Å². The minimum absolute atomic E-state index is 0.148. The summed E-state index contributed by atoms with van der Waals surface area (Å²) in [6, 6.07) is 7.76. The highest BCUT2D eigenvalue weighted by atomic mass is 35.5. The van der Waals surface area contributed by atoms with E-state index in [4.69, 9.17) is 16.3 Å². The van der Waals surface area contributed by atoms with E-state index in [1.165, 1.54) is 17.3 Å². The maximum absolute atomic E-state index is 11.7. The zero-order valence-corrected chi connectivity index (χ0v) is 15.2. The first-order valence-corrected chi connectivity index (χ1v) is 9.17. The van der Waals surface area contributed by atoms with Gasteiger partial charge in [-0.25, -0.2) is 0 Å². The largest absolute Gasteiger partial charge is 0.460 e. The molecule has 0 aliphatic rings. The van der Waals surface area contributed by atoms with E-state index in [0.717, 1.165) is 17.9 Å². The topological polar surface area (TPSA) is 46.5 Å². The quantitative estimate of drug-likeness (QED) is 0.340. The van der Waals surface area contributed by atoms with Crippen LogP contribution in [0.2, 0.25) is 5.02 Å². The summed E-state index contributed by atoms with van der Waals surface area (Å²) in [5.74, 6) is 1.85. The smallest absolute Gasteiger partial charge is 0.311 e. The molecule has 124 valence electrons. The molecular weight excluding hydrogens is 320 g/mol. The first-order valence-electron chi connectivity index (χ1n) is 7.53. The van der Waals surface area contributed by atoms with Crippen molar-refractivity contribution in [3.05, 3.63) is 34.9 Å². The normalized spacial score (nSPS) is 13.0. The van der Waals surface area contributed by atoms with Crippen LogP contribution in [0.5, 0.6) is 0 Å². The van der Waals surface area contributed by atoms with Crippen LogP contribution < -0.4 is 0 Å². The molecular formula is C17H26ClO3S+. The second-order valence-electron chi connectivity index (χ2n) is 6.23. The molecule has 0 saturated heterocycles. The second kappa shape index (κ2) is 9.43. The molecule has 0 heterocycles. The molecule has 1 atom stereocenters. The Morgan fingerprint density at radius 1 is 1.32 bits per heavy atom. The van der Waals surface area contributed by atoms with Gasteiger partial charge in [-0.3, -0.25) is 4.79 Å². The van der Waals surface area contributed by atoms with Gasteiger partial charge in [0.05, 0.1) is 6.42 Å². The summed E-state index contributed by atoms with van der Waals surface area (Å²) in [4.78, 5) is 11.7. The molecule has 1 aromatic rings. The molecule has 0 aliphatic heterocycles. The Morgan fingerprint density at radius 3 is 2.50 bits per heavy atom. The van der Waals surface area contributed by atoms with E-state index in [0.29, 0.717) is 17.4 Å². The number of thiol groups is 1. The van der Waals surface area contributed by atoms with Crippen molar-refractivity contribution < 1.29 is 14.6 Å². The number of ether oxygens (including phenoxy) is 1. The number of aliphatic hydroxyl groups is 1. The van der Waals surface area contributed by atoms with Crippen molar-refractivity contribution in [1.29, 1.82) is 0 Å². The minimum Gasteiger partial charge on any atom is -0.460 e. The van der Waals surface area contributed by atoms with Crippen molar-refractivity contribution in [2.75, 3.05) is 18.1 Å². The van der Waals surface area contributed by atoms with Crippen molar-refractivity contribution >= 4 is 29.3 Å². The van der Waals surface area contributed by atoms with E-state index in [1.807, 2.05) is 45.0 Å². The summed E-state index contributed by atoms with van der Waals surface area (Å²) in [6.07, 6.45) is 1.16. The standard InChI is InChI=1S/C17H25ClO3S/c1-17(2,3)21-16(20)9-11-22-12-14(8-10-19)13-4-6-15(18)7-5-13/h4-7,14,19H,8-12H2,1-3H3/p+1/t14-/m1/s1. The molecule has 0 spiro atoms. The van der Waals surface area contributed by atoms with E-state index in [-0.39, 0.29) is 12.6 Å². The number of carbonyl (C=O) groups excluding carboxylic acids is 1. The molecule has 0 radical (unpaired) electrons. The fourth-order valence-corrected chi connectivity index (χ4v) is 3.42. The molecule has 1 aromatic carbocycles. The van der Waals surface area contributed by atoms with E-state index < -0.39 is 5.60 Å². The predicted molar refractivity (Wildman–Crippen MR) is 94.9 cm³/mol. The first-order chi connectivity index (χ1) is 10.3. The van der Waals surface area contributed by atoms with Gasteiger partial charge in [-0.05, 0) is 56.7 Å². The van der Waals surface area contributed by atoms with Gasteiger partial charge in [0.2, 0.25) is 0 Å². The average Bonchev–Trinajstić information content (AvgIpc) is 2.41. The molecule has 0 amide bonds. The first kappa shape index (κ1) is 19.3. The van der Waals surface area contributed by atoms with E-state index in [1.54, 1.807) is 0 Å². The number of benzene rings is 1. The molecule has 0 saturated carbocycles. The SMILES string of the molecule is CC(C)(C)OC(=O)CC[SH+]C[C@@H](CCO)c1ccc(Cl)cc1. The van der Waals surface area contributed by atoms with Crippen LogP contribution in [0.3, 0.4) is 0 Å². The highest BCUT2D eigenvalue weighted by Crippen LogP contribution is 2.22. The Hall–Kier alpha value is -0.710. The van der Waals surface area contributed by atoms with Crippen LogP contribution in [-0.4, -0.2) is 34.8 Å². The number of esters is 1. The Balaban J connectivity index is 2.39. The second-order valence-corrected chi connectivity index (χ2v) is 7.92. The third kappa shape index (κ3) is 8.06. The summed E-state index contributed by atoms with van der Waals surface area (Å²) in [5, 5.41) is 9.94. The van der Waals surface area contributed by atoms with Gasteiger partial charge in [-0.1, -0.05) is 23.7 Å². The summed E-state index contributed by atoms with van der Waals surface area (Å²) in [6.45, 7) is 5.79. The third-order valence-corrected chi connectivity index (χ3v) is 4.55. The molecule has 0 unspecified atom stereocenters. The summed E-state index contributed by atoms with van der Waals surface area (Å²) >= 11 is 7.10. The maximum Gasteiger partial charge on any atom is 0.311 e. The maximum atomic E-state index is 11.7. The molecule has 1 rings (SSSR count). The van der Waals surface area contributed by atoms with Gasteiger partial charge in [0, 0.05) is 17.5 Å². The Kier molecular flexibility index (Phi) is 8.29. The van der Waals surface area contributed by atoms with Gasteiger partial charge >= 0.3 is 5.97 Å². The van der Waals surface area contributed by atoms with Crippen LogP contribution >= 0.6 is 11.6 Å². The number of rotatable bonds is 8. The summed E-state index contributed by atoms with van der Waals surface area (Å²) < 4.78 is 5.29. The summed E-state index contributed by atoms with van der Waals surface area (Å²) in [5.41, 5.74) is 0.764. The Morgan fingerprint density at radius 2 is 1.95 bits per heavy atom. The van der Waals surface area contributed by atoms with E-state index in [2.05, 4.69) is 0 Å². The monoisotopic (exact) mass is 345 g/mol. The van der Waals surface area contributed by atoms with Gasteiger partial charge in [0.1, 0.15) is 17.1 Å². The molecule has 22 heavy (non-hydrogen) atoms. The molecule has 0 fully saturated rings. The van der Waals surface area contributed by atoms with Crippen LogP contribution in [0.15, 0.2) is 24.3 Å². The van der Waals surface area contributed by atoms with Crippen molar-refractivity contribution in [1.82, 2.24) is 0 Å². The van der Waals surface area contributed by atoms with Gasteiger partial charge in [0.25, 0.3) is 0 Å². The zero-order chi connectivity index (χ0) is 16.6. The number of carbonyl (C=O) groups is 1. The molecule has 3 nitrogen and oxygen atoms in total. The van der Waals surface area contributed by atoms with Gasteiger partial charge in [-0.2, -0.15) is 0 Å². The van der Waals surface area contributed by atoms with E-state index >= 15 is 0 Å². The highest BCUT2D eigenvalue weighted by molar-refractivity contribution is 7.78. The molecule has 5 heteroatoms.